The molecular weight excluding hydrogens is 302 g/mol. The van der Waals surface area contributed by atoms with Crippen LogP contribution < -0.4 is 5.73 Å². The van der Waals surface area contributed by atoms with E-state index < -0.39 is 5.41 Å². The van der Waals surface area contributed by atoms with Gasteiger partial charge in [0.1, 0.15) is 17.8 Å². The van der Waals surface area contributed by atoms with Crippen molar-refractivity contribution in [2.24, 2.45) is 0 Å². The van der Waals surface area contributed by atoms with Crippen LogP contribution in [0.3, 0.4) is 0 Å². The van der Waals surface area contributed by atoms with E-state index in [1.54, 1.807) is 13.8 Å². The first-order chi connectivity index (χ1) is 11.2. The Morgan fingerprint density at radius 3 is 2.42 bits per heavy atom. The van der Waals surface area contributed by atoms with Gasteiger partial charge in [-0.2, -0.15) is 0 Å². The lowest BCUT2D eigenvalue weighted by Crippen LogP contribution is -2.33. The van der Waals surface area contributed by atoms with Gasteiger partial charge in [-0.1, -0.05) is 44.2 Å². The quantitative estimate of drug-likeness (QED) is 0.850. The van der Waals surface area contributed by atoms with Crippen LogP contribution in [0.4, 0.5) is 5.82 Å². The van der Waals surface area contributed by atoms with Crippen molar-refractivity contribution in [3.05, 3.63) is 53.0 Å². The zero-order valence-electron chi connectivity index (χ0n) is 15.0. The Kier molecular flexibility index (Phi) is 5.22. The molecule has 0 fully saturated rings. The normalized spacial score (nSPS) is 11.6. The average Bonchev–Trinajstić information content (AvgIpc) is 2.54. The van der Waals surface area contributed by atoms with Crippen molar-refractivity contribution in [1.29, 1.82) is 0 Å². The Morgan fingerprint density at radius 2 is 1.83 bits per heavy atom. The maximum Gasteiger partial charge on any atom is 0.318 e. The number of rotatable bonds is 5. The van der Waals surface area contributed by atoms with Gasteiger partial charge in [0.15, 0.2) is 0 Å². The molecule has 0 aliphatic heterocycles. The van der Waals surface area contributed by atoms with Gasteiger partial charge >= 0.3 is 5.97 Å². The summed E-state index contributed by atoms with van der Waals surface area (Å²) in [5.74, 6) is 0.202. The number of carbonyl (C=O) groups is 1. The van der Waals surface area contributed by atoms with Gasteiger partial charge in [-0.25, -0.2) is 4.98 Å². The summed E-state index contributed by atoms with van der Waals surface area (Å²) in [5.41, 5.74) is 8.07. The lowest BCUT2D eigenvalue weighted by molar-refractivity contribution is -0.150. The molecule has 0 saturated carbocycles. The van der Waals surface area contributed by atoms with E-state index in [9.17, 15) is 4.79 Å². The van der Waals surface area contributed by atoms with Crippen LogP contribution in [0, 0.1) is 6.92 Å². The van der Waals surface area contributed by atoms with Gasteiger partial charge < -0.3 is 10.5 Å². The summed E-state index contributed by atoms with van der Waals surface area (Å²) in [6, 6.07) is 9.58. The van der Waals surface area contributed by atoms with Crippen LogP contribution in [-0.2, 0) is 21.6 Å². The first kappa shape index (κ1) is 17.9. The molecule has 0 aliphatic rings. The molecule has 5 heteroatoms. The van der Waals surface area contributed by atoms with E-state index in [0.29, 0.717) is 17.2 Å². The highest BCUT2D eigenvalue weighted by molar-refractivity contribution is 5.82. The van der Waals surface area contributed by atoms with Gasteiger partial charge in [0, 0.05) is 0 Å². The molecule has 2 aromatic rings. The van der Waals surface area contributed by atoms with Crippen LogP contribution >= 0.6 is 0 Å². The summed E-state index contributed by atoms with van der Waals surface area (Å²) < 4.78 is 5.47. The molecule has 0 aliphatic carbocycles. The van der Waals surface area contributed by atoms with Crippen molar-refractivity contribution in [2.75, 3.05) is 5.73 Å². The molecular formula is C19H25N3O2. The van der Waals surface area contributed by atoms with Gasteiger partial charge in [0.2, 0.25) is 0 Å². The second kappa shape index (κ2) is 6.99. The smallest absolute Gasteiger partial charge is 0.318 e. The Hall–Kier alpha value is -2.43. The number of anilines is 1. The summed E-state index contributed by atoms with van der Waals surface area (Å²) in [7, 11) is 0. The van der Waals surface area contributed by atoms with E-state index in [1.807, 2.05) is 51.1 Å². The van der Waals surface area contributed by atoms with Gasteiger partial charge in [-0.05, 0) is 32.3 Å². The average molecular weight is 327 g/mol. The Morgan fingerprint density at radius 1 is 1.21 bits per heavy atom. The second-order valence-electron chi connectivity index (χ2n) is 6.77. The molecule has 0 bridgehead atoms. The first-order valence-electron chi connectivity index (χ1n) is 8.09. The molecule has 0 unspecified atom stereocenters. The summed E-state index contributed by atoms with van der Waals surface area (Å²) >= 11 is 0. The van der Waals surface area contributed by atoms with Gasteiger partial charge in [0.25, 0.3) is 0 Å². The number of hydrogen-bond acceptors (Lipinski definition) is 5. The Labute approximate surface area is 143 Å². The maximum atomic E-state index is 12.6. The van der Waals surface area contributed by atoms with Crippen LogP contribution in [0.1, 0.15) is 56.3 Å². The highest BCUT2D eigenvalue weighted by atomic mass is 16.5. The van der Waals surface area contributed by atoms with E-state index in [4.69, 9.17) is 10.5 Å². The highest BCUT2D eigenvalue weighted by Crippen LogP contribution is 2.29. The number of ether oxygens (including phenoxy) is 1. The lowest BCUT2D eigenvalue weighted by atomic mass is 9.87. The molecule has 2 rings (SSSR count). The van der Waals surface area contributed by atoms with Crippen molar-refractivity contribution < 1.29 is 9.53 Å². The second-order valence-corrected chi connectivity index (χ2v) is 6.77. The third-order valence-electron chi connectivity index (χ3n) is 3.99. The number of nitrogens with two attached hydrogens (primary N) is 1. The maximum absolute atomic E-state index is 12.6. The number of nitrogens with zero attached hydrogens (tertiary/aromatic N) is 2. The predicted octanol–water partition coefficient (Wildman–Crippen LogP) is 3.51. The number of nitrogen functional groups attached to an aromatic ring is 1. The fraction of sp³-hybridized carbons (Fsp3) is 0.421. The molecule has 0 amide bonds. The van der Waals surface area contributed by atoms with Crippen molar-refractivity contribution in [3.63, 3.8) is 0 Å². The molecule has 5 nitrogen and oxygen atoms in total. The highest BCUT2D eigenvalue weighted by Gasteiger charge is 2.36. The zero-order valence-corrected chi connectivity index (χ0v) is 15.0. The van der Waals surface area contributed by atoms with Gasteiger partial charge in [-0.15, -0.1) is 0 Å². The third-order valence-corrected chi connectivity index (χ3v) is 3.99. The molecule has 1 heterocycles. The lowest BCUT2D eigenvalue weighted by Gasteiger charge is -2.24. The standard InChI is InChI=1S/C19H25N3O2/c1-12(2)15-17(20)22-16(13(3)21-15)19(4,5)18(23)24-11-14-9-7-6-8-10-14/h6-10,12H,11H2,1-5H3,(H2,20,22). The SMILES string of the molecule is Cc1nc(C(C)C)c(N)nc1C(C)(C)C(=O)OCc1ccccc1. The van der Waals surface area contributed by atoms with Crippen molar-refractivity contribution in [1.82, 2.24) is 9.97 Å². The van der Waals surface area contributed by atoms with E-state index in [1.165, 1.54) is 0 Å². The first-order valence-corrected chi connectivity index (χ1v) is 8.09. The molecule has 128 valence electrons. The van der Waals surface area contributed by atoms with E-state index in [0.717, 1.165) is 11.3 Å². The number of hydrogen-bond donors (Lipinski definition) is 1. The number of esters is 1. The summed E-state index contributed by atoms with van der Waals surface area (Å²) in [6.07, 6.45) is 0. The van der Waals surface area contributed by atoms with E-state index >= 15 is 0 Å². The number of benzene rings is 1. The molecule has 0 atom stereocenters. The van der Waals surface area contributed by atoms with E-state index in [2.05, 4.69) is 9.97 Å². The Bertz CT molecular complexity index is 725. The predicted molar refractivity (Wildman–Crippen MR) is 94.5 cm³/mol. The van der Waals surface area contributed by atoms with Crippen molar-refractivity contribution in [3.8, 4) is 0 Å². The molecule has 2 N–H and O–H groups in total. The van der Waals surface area contributed by atoms with Crippen LogP contribution in [0.25, 0.3) is 0 Å². The molecule has 0 saturated heterocycles. The fourth-order valence-electron chi connectivity index (χ4n) is 2.57. The van der Waals surface area contributed by atoms with Gasteiger partial charge in [0.05, 0.1) is 17.1 Å². The van der Waals surface area contributed by atoms with Crippen LogP contribution in [0.15, 0.2) is 30.3 Å². The van der Waals surface area contributed by atoms with Gasteiger partial charge in [-0.3, -0.25) is 9.78 Å². The van der Waals surface area contributed by atoms with Crippen LogP contribution in [0.2, 0.25) is 0 Å². The minimum Gasteiger partial charge on any atom is -0.460 e. The molecule has 1 aromatic carbocycles. The van der Waals surface area contributed by atoms with Crippen molar-refractivity contribution >= 4 is 11.8 Å². The van der Waals surface area contributed by atoms with Crippen molar-refractivity contribution in [2.45, 2.75) is 52.6 Å². The van der Waals surface area contributed by atoms with Crippen LogP contribution in [-0.4, -0.2) is 15.9 Å². The summed E-state index contributed by atoms with van der Waals surface area (Å²) in [6.45, 7) is 9.67. The largest absolute Gasteiger partial charge is 0.460 e. The van der Waals surface area contributed by atoms with Crippen LogP contribution in [0.5, 0.6) is 0 Å². The minimum absolute atomic E-state index is 0.179. The Balaban J connectivity index is 2.22. The summed E-state index contributed by atoms with van der Waals surface area (Å²) in [5, 5.41) is 0. The molecule has 1 aromatic heterocycles. The molecule has 24 heavy (non-hydrogen) atoms. The number of aryl methyl sites for hydroxylation is 1. The zero-order chi connectivity index (χ0) is 17.9. The van der Waals surface area contributed by atoms with E-state index in [-0.39, 0.29) is 18.5 Å². The summed E-state index contributed by atoms with van der Waals surface area (Å²) in [4.78, 5) is 21.6. The molecule has 0 radical (unpaired) electrons. The topological polar surface area (TPSA) is 78.1 Å². The fourth-order valence-corrected chi connectivity index (χ4v) is 2.57. The monoisotopic (exact) mass is 327 g/mol. The third kappa shape index (κ3) is 3.72. The minimum atomic E-state index is -0.921. The number of aromatic nitrogens is 2. The molecule has 0 spiro atoms. The number of carbonyl (C=O) groups excluding carboxylic acids is 1.